The summed E-state index contributed by atoms with van der Waals surface area (Å²) in [4.78, 5) is 9.30. The highest BCUT2D eigenvalue weighted by atomic mass is 32.2. The first-order valence-electron chi connectivity index (χ1n) is 10.7. The Kier molecular flexibility index (Phi) is 7.37. The van der Waals surface area contributed by atoms with Gasteiger partial charge < -0.3 is 20.1 Å². The third-order valence-electron chi connectivity index (χ3n) is 5.31. The molecule has 0 bridgehead atoms. The van der Waals surface area contributed by atoms with Crippen molar-refractivity contribution in [3.05, 3.63) is 48.3 Å². The van der Waals surface area contributed by atoms with Crippen LogP contribution in [0.3, 0.4) is 0 Å². The van der Waals surface area contributed by atoms with Crippen LogP contribution in [0.4, 0.5) is 11.5 Å². The van der Waals surface area contributed by atoms with E-state index in [9.17, 15) is 13.5 Å². The number of hydrogen-bond acceptors (Lipinski definition) is 7. The molecule has 0 saturated heterocycles. The lowest BCUT2D eigenvalue weighted by molar-refractivity contribution is 0.0615. The highest BCUT2D eigenvalue weighted by Crippen LogP contribution is 2.33. The van der Waals surface area contributed by atoms with Gasteiger partial charge in [0.05, 0.1) is 35.5 Å². The molecule has 6 N–H and O–H groups in total. The standard InChI is InChI=1S/C23H28N6O4S.CH4/c1-23(2,30)13-29-19(9-10-33-3)27-20-21(29)17-8-7-15(12-18(17)26-22(20)24)14-5-4-6-16(11-14)28-34(25,31)32;/h4-8,11-12,28,30H,9-10,13H2,1-3H3,(H2,24,26)(H2,25,31,32);1H4. The number of anilines is 2. The van der Waals surface area contributed by atoms with Crippen LogP contribution in [0, 0.1) is 0 Å². The number of nitrogen functional groups attached to an aromatic ring is 1. The zero-order valence-electron chi connectivity index (χ0n) is 19.2. The normalized spacial score (nSPS) is 12.1. The first kappa shape index (κ1) is 26.4. The van der Waals surface area contributed by atoms with Crippen molar-refractivity contribution >= 4 is 43.7 Å². The summed E-state index contributed by atoms with van der Waals surface area (Å²) in [6, 6.07) is 12.6. The highest BCUT2D eigenvalue weighted by molar-refractivity contribution is 7.90. The van der Waals surface area contributed by atoms with E-state index in [4.69, 9.17) is 20.6 Å². The van der Waals surface area contributed by atoms with Crippen LogP contribution in [-0.2, 0) is 27.9 Å². The van der Waals surface area contributed by atoms with E-state index in [0.717, 1.165) is 27.9 Å². The summed E-state index contributed by atoms with van der Waals surface area (Å²) in [6.45, 7) is 4.29. The molecule has 0 fully saturated rings. The van der Waals surface area contributed by atoms with Crippen molar-refractivity contribution in [1.82, 2.24) is 14.5 Å². The van der Waals surface area contributed by atoms with Gasteiger partial charge in [0.2, 0.25) is 0 Å². The Bertz CT molecular complexity index is 1480. The topological polar surface area (TPSA) is 158 Å². The van der Waals surface area contributed by atoms with Crippen LogP contribution >= 0.6 is 0 Å². The number of nitrogens with zero attached hydrogens (tertiary/aromatic N) is 3. The van der Waals surface area contributed by atoms with E-state index in [1.807, 2.05) is 28.8 Å². The minimum Gasteiger partial charge on any atom is -0.389 e. The summed E-state index contributed by atoms with van der Waals surface area (Å²) in [5.41, 5.74) is 9.32. The molecule has 188 valence electrons. The van der Waals surface area contributed by atoms with Crippen LogP contribution < -0.4 is 15.6 Å². The first-order chi connectivity index (χ1) is 15.9. The summed E-state index contributed by atoms with van der Waals surface area (Å²) in [6.07, 6.45) is 0.560. The molecule has 4 aromatic rings. The molecule has 0 aliphatic heterocycles. The number of benzene rings is 2. The predicted octanol–water partition coefficient (Wildman–Crippen LogP) is 3.05. The number of imidazole rings is 1. The zero-order chi connectivity index (χ0) is 24.7. The summed E-state index contributed by atoms with van der Waals surface area (Å²) in [5, 5.41) is 16.5. The number of nitrogens with two attached hydrogens (primary N) is 2. The summed E-state index contributed by atoms with van der Waals surface area (Å²) >= 11 is 0. The predicted molar refractivity (Wildman–Crippen MR) is 140 cm³/mol. The third-order valence-corrected chi connectivity index (χ3v) is 5.83. The van der Waals surface area contributed by atoms with Gasteiger partial charge in [0.25, 0.3) is 10.2 Å². The molecular weight excluding hydrogens is 468 g/mol. The fourth-order valence-electron chi connectivity index (χ4n) is 4.01. The molecule has 0 spiro atoms. The maximum atomic E-state index is 11.4. The second kappa shape index (κ2) is 9.78. The monoisotopic (exact) mass is 500 g/mol. The van der Waals surface area contributed by atoms with E-state index < -0.39 is 15.8 Å². The number of aliphatic hydroxyl groups is 1. The van der Waals surface area contributed by atoms with Gasteiger partial charge in [-0.25, -0.2) is 15.1 Å². The lowest BCUT2D eigenvalue weighted by Gasteiger charge is -2.20. The average molecular weight is 501 g/mol. The van der Waals surface area contributed by atoms with E-state index in [1.165, 1.54) is 0 Å². The molecule has 10 nitrogen and oxygen atoms in total. The quantitative estimate of drug-likeness (QED) is 0.289. The summed E-state index contributed by atoms with van der Waals surface area (Å²) in [7, 11) is -2.25. The molecule has 0 amide bonds. The van der Waals surface area contributed by atoms with Crippen molar-refractivity contribution in [2.75, 3.05) is 24.2 Å². The molecule has 0 saturated carbocycles. The summed E-state index contributed by atoms with van der Waals surface area (Å²) in [5.74, 6) is 1.04. The third kappa shape index (κ3) is 5.88. The van der Waals surface area contributed by atoms with Crippen LogP contribution in [0.1, 0.15) is 27.1 Å². The van der Waals surface area contributed by atoms with Gasteiger partial charge in [0.15, 0.2) is 5.82 Å². The van der Waals surface area contributed by atoms with Gasteiger partial charge in [-0.3, -0.25) is 4.72 Å². The first-order valence-corrected chi connectivity index (χ1v) is 12.2. The van der Waals surface area contributed by atoms with Crippen molar-refractivity contribution in [3.63, 3.8) is 0 Å². The van der Waals surface area contributed by atoms with Crippen LogP contribution in [0.5, 0.6) is 0 Å². The second-order valence-electron chi connectivity index (χ2n) is 8.82. The number of nitrogens with one attached hydrogen (secondary N) is 1. The lowest BCUT2D eigenvalue weighted by Crippen LogP contribution is -2.27. The van der Waals surface area contributed by atoms with E-state index in [-0.39, 0.29) is 13.2 Å². The largest absolute Gasteiger partial charge is 0.389 e. The van der Waals surface area contributed by atoms with Gasteiger partial charge in [0, 0.05) is 18.9 Å². The van der Waals surface area contributed by atoms with Crippen molar-refractivity contribution < 1.29 is 18.3 Å². The Balaban J connectivity index is 0.00000342. The maximum Gasteiger partial charge on any atom is 0.296 e. The maximum absolute atomic E-state index is 11.4. The fourth-order valence-corrected chi connectivity index (χ4v) is 4.46. The number of rotatable bonds is 8. The molecular formula is C24H32N6O4S. The van der Waals surface area contributed by atoms with E-state index >= 15 is 0 Å². The van der Waals surface area contributed by atoms with Gasteiger partial charge in [-0.2, -0.15) is 8.42 Å². The molecule has 2 aromatic heterocycles. The number of fused-ring (bicyclic) bond motifs is 3. The summed E-state index contributed by atoms with van der Waals surface area (Å²) < 4.78 is 32.3. The van der Waals surface area contributed by atoms with Crippen molar-refractivity contribution in [1.29, 1.82) is 0 Å². The number of ether oxygens (including phenoxy) is 1. The fraction of sp³-hybridized carbons (Fsp3) is 0.333. The van der Waals surface area contributed by atoms with Crippen LogP contribution in [0.2, 0.25) is 0 Å². The second-order valence-corrected chi connectivity index (χ2v) is 10.1. The van der Waals surface area contributed by atoms with E-state index in [2.05, 4.69) is 9.71 Å². The Morgan fingerprint density at radius 2 is 1.86 bits per heavy atom. The van der Waals surface area contributed by atoms with Crippen molar-refractivity contribution in [2.24, 2.45) is 5.14 Å². The van der Waals surface area contributed by atoms with E-state index in [0.29, 0.717) is 36.3 Å². The molecule has 0 atom stereocenters. The minimum atomic E-state index is -3.88. The van der Waals surface area contributed by atoms with E-state index in [1.54, 1.807) is 39.2 Å². The molecule has 35 heavy (non-hydrogen) atoms. The van der Waals surface area contributed by atoms with Crippen LogP contribution in [0.15, 0.2) is 42.5 Å². The lowest BCUT2D eigenvalue weighted by atomic mass is 10.0. The number of hydrogen-bond donors (Lipinski definition) is 4. The average Bonchev–Trinajstić information content (AvgIpc) is 3.08. The molecule has 4 rings (SSSR count). The molecule has 2 aromatic carbocycles. The Labute approximate surface area is 205 Å². The van der Waals surface area contributed by atoms with Gasteiger partial charge in [-0.05, 0) is 43.2 Å². The Hall–Kier alpha value is -3.25. The molecule has 0 aliphatic carbocycles. The molecule has 11 heteroatoms. The SMILES string of the molecule is C.COCCc1nc2c(N)nc3cc(-c4cccc(NS(N)(=O)=O)c4)ccc3c2n1CC(C)(C)O. The highest BCUT2D eigenvalue weighted by Gasteiger charge is 2.22. The minimum absolute atomic E-state index is 0. The molecule has 0 radical (unpaired) electrons. The van der Waals surface area contributed by atoms with Crippen LogP contribution in [-0.4, -0.2) is 47.4 Å². The van der Waals surface area contributed by atoms with Gasteiger partial charge >= 0.3 is 0 Å². The Morgan fingerprint density at radius 3 is 2.51 bits per heavy atom. The van der Waals surface area contributed by atoms with Crippen LogP contribution in [0.25, 0.3) is 33.1 Å². The van der Waals surface area contributed by atoms with Gasteiger partial charge in [-0.1, -0.05) is 31.7 Å². The smallest absolute Gasteiger partial charge is 0.296 e. The van der Waals surface area contributed by atoms with Gasteiger partial charge in [0.1, 0.15) is 11.3 Å². The molecule has 2 heterocycles. The van der Waals surface area contributed by atoms with Crippen molar-refractivity contribution in [3.8, 4) is 11.1 Å². The zero-order valence-corrected chi connectivity index (χ0v) is 20.1. The Morgan fingerprint density at radius 1 is 1.14 bits per heavy atom. The number of pyridine rings is 1. The number of methoxy groups -OCH3 is 1. The molecule has 0 aliphatic rings. The number of aromatic nitrogens is 3. The molecule has 0 unspecified atom stereocenters. The van der Waals surface area contributed by atoms with Crippen molar-refractivity contribution in [2.45, 2.75) is 39.8 Å². The van der Waals surface area contributed by atoms with Gasteiger partial charge in [-0.15, -0.1) is 0 Å².